The van der Waals surface area contributed by atoms with Crippen molar-refractivity contribution >= 4 is 21.9 Å². The van der Waals surface area contributed by atoms with Crippen LogP contribution in [0.1, 0.15) is 24.6 Å². The summed E-state index contributed by atoms with van der Waals surface area (Å²) in [5.41, 5.74) is 4.78. The fourth-order valence-electron chi connectivity index (χ4n) is 3.13. The number of hydrogen-bond donors (Lipinski definition) is 1. The van der Waals surface area contributed by atoms with Crippen LogP contribution in [0, 0.1) is 0 Å². The van der Waals surface area contributed by atoms with E-state index in [1.165, 1.54) is 11.3 Å². The standard InChI is InChI=1S/C21H23BrN2O.C2HF3O2/c1-3-7-19-21(17-9-6-10-18(22)14-17)23-15-24(19)13-12-16-8-4-5-11-20(16)25-2;3-2(4,5)1(6)7/h4-6,8-11,14-15H,3,7,12-13H2,1-2H3;(H,6,7). The number of carboxylic acids is 1. The molecular weight excluding hydrogens is 489 g/mol. The van der Waals surface area contributed by atoms with E-state index < -0.39 is 12.1 Å². The summed E-state index contributed by atoms with van der Waals surface area (Å²) in [7, 11) is 1.73. The third kappa shape index (κ3) is 7.12. The molecule has 3 aromatic rings. The van der Waals surface area contributed by atoms with Gasteiger partial charge in [0.1, 0.15) is 5.75 Å². The highest BCUT2D eigenvalue weighted by atomic mass is 79.9. The molecule has 0 atom stereocenters. The number of methoxy groups -OCH3 is 1. The van der Waals surface area contributed by atoms with Gasteiger partial charge < -0.3 is 14.4 Å². The van der Waals surface area contributed by atoms with Crippen molar-refractivity contribution in [1.29, 1.82) is 0 Å². The minimum atomic E-state index is -5.08. The van der Waals surface area contributed by atoms with E-state index in [4.69, 9.17) is 19.6 Å². The van der Waals surface area contributed by atoms with Crippen LogP contribution in [0.2, 0.25) is 0 Å². The highest BCUT2D eigenvalue weighted by Gasteiger charge is 2.38. The predicted octanol–water partition coefficient (Wildman–Crippen LogP) is 6.15. The third-order valence-corrected chi connectivity index (χ3v) is 5.08. The summed E-state index contributed by atoms with van der Waals surface area (Å²) in [5, 5.41) is 7.12. The predicted molar refractivity (Wildman–Crippen MR) is 120 cm³/mol. The largest absolute Gasteiger partial charge is 0.496 e. The molecule has 1 heterocycles. The number of halogens is 4. The van der Waals surface area contributed by atoms with Gasteiger partial charge in [0.05, 0.1) is 19.1 Å². The Labute approximate surface area is 193 Å². The van der Waals surface area contributed by atoms with Gasteiger partial charge in [-0.3, -0.25) is 0 Å². The van der Waals surface area contributed by atoms with Crippen LogP contribution in [0.4, 0.5) is 13.2 Å². The number of aliphatic carboxylic acids is 1. The van der Waals surface area contributed by atoms with Crippen molar-refractivity contribution in [3.05, 3.63) is 70.6 Å². The van der Waals surface area contributed by atoms with Crippen molar-refractivity contribution in [3.63, 3.8) is 0 Å². The van der Waals surface area contributed by atoms with Gasteiger partial charge in [-0.05, 0) is 36.6 Å². The number of carbonyl (C=O) groups is 1. The lowest BCUT2D eigenvalue weighted by molar-refractivity contribution is -0.192. The molecule has 0 aliphatic rings. The maximum absolute atomic E-state index is 10.6. The quantitative estimate of drug-likeness (QED) is 0.412. The first-order valence-corrected chi connectivity index (χ1v) is 10.7. The number of rotatable bonds is 7. The van der Waals surface area contributed by atoms with E-state index in [-0.39, 0.29) is 0 Å². The molecule has 0 unspecified atom stereocenters. The molecule has 0 saturated heterocycles. The summed E-state index contributed by atoms with van der Waals surface area (Å²) >= 11 is 3.56. The summed E-state index contributed by atoms with van der Waals surface area (Å²) < 4.78 is 40.6. The van der Waals surface area contributed by atoms with Gasteiger partial charge in [0.25, 0.3) is 0 Å². The Morgan fingerprint density at radius 2 is 1.84 bits per heavy atom. The molecule has 2 aromatic carbocycles. The molecular formula is C23H24BrF3N2O3. The van der Waals surface area contributed by atoms with Gasteiger partial charge in [-0.15, -0.1) is 0 Å². The molecule has 0 amide bonds. The number of para-hydroxylation sites is 1. The third-order valence-electron chi connectivity index (χ3n) is 4.59. The number of imidazole rings is 1. The second kappa shape index (κ2) is 11.7. The van der Waals surface area contributed by atoms with Crippen LogP contribution in [-0.2, 0) is 24.2 Å². The fourth-order valence-corrected chi connectivity index (χ4v) is 3.53. The summed E-state index contributed by atoms with van der Waals surface area (Å²) in [6.45, 7) is 3.11. The van der Waals surface area contributed by atoms with E-state index in [1.54, 1.807) is 7.11 Å². The van der Waals surface area contributed by atoms with Gasteiger partial charge in [0.2, 0.25) is 0 Å². The Morgan fingerprint density at radius 1 is 1.16 bits per heavy atom. The molecule has 0 spiro atoms. The first kappa shape index (κ1) is 25.5. The molecule has 0 aliphatic carbocycles. The van der Waals surface area contributed by atoms with E-state index in [0.29, 0.717) is 0 Å². The van der Waals surface area contributed by atoms with E-state index >= 15 is 0 Å². The smallest absolute Gasteiger partial charge is 0.490 e. The number of hydrogen-bond acceptors (Lipinski definition) is 3. The van der Waals surface area contributed by atoms with Gasteiger partial charge >= 0.3 is 12.1 Å². The molecule has 0 fully saturated rings. The molecule has 0 saturated carbocycles. The first-order chi connectivity index (χ1) is 15.2. The summed E-state index contributed by atoms with van der Waals surface area (Å²) in [4.78, 5) is 13.6. The monoisotopic (exact) mass is 512 g/mol. The maximum Gasteiger partial charge on any atom is 0.490 e. The van der Waals surface area contributed by atoms with Crippen molar-refractivity contribution in [2.24, 2.45) is 0 Å². The summed E-state index contributed by atoms with van der Waals surface area (Å²) in [6.07, 6.45) is -0.0687. The molecule has 32 heavy (non-hydrogen) atoms. The van der Waals surface area contributed by atoms with Gasteiger partial charge in [0.15, 0.2) is 0 Å². The lowest BCUT2D eigenvalue weighted by Crippen LogP contribution is -2.21. The van der Waals surface area contributed by atoms with Crippen LogP contribution in [0.25, 0.3) is 11.3 Å². The highest BCUT2D eigenvalue weighted by Crippen LogP contribution is 2.27. The van der Waals surface area contributed by atoms with E-state index in [1.807, 2.05) is 24.5 Å². The van der Waals surface area contributed by atoms with Gasteiger partial charge in [-0.1, -0.05) is 59.6 Å². The molecule has 0 bridgehead atoms. The SMILES string of the molecule is CCCc1c(-c2cccc(Br)c2)ncn1CCc1ccccc1OC.O=C(O)C(F)(F)F. The molecule has 1 aromatic heterocycles. The molecule has 1 N–H and O–H groups in total. The Hall–Kier alpha value is -2.81. The molecule has 5 nitrogen and oxygen atoms in total. The highest BCUT2D eigenvalue weighted by molar-refractivity contribution is 9.10. The van der Waals surface area contributed by atoms with Crippen LogP contribution in [0.5, 0.6) is 5.75 Å². The van der Waals surface area contributed by atoms with Crippen molar-refractivity contribution in [2.75, 3.05) is 7.11 Å². The lowest BCUT2D eigenvalue weighted by Gasteiger charge is -2.12. The second-order valence-corrected chi connectivity index (χ2v) is 7.77. The molecule has 0 radical (unpaired) electrons. The van der Waals surface area contributed by atoms with Crippen molar-refractivity contribution < 1.29 is 27.8 Å². The van der Waals surface area contributed by atoms with E-state index in [9.17, 15) is 13.2 Å². The number of aromatic nitrogens is 2. The number of alkyl halides is 3. The molecule has 0 aliphatic heterocycles. The summed E-state index contributed by atoms with van der Waals surface area (Å²) in [5.74, 6) is -1.81. The van der Waals surface area contributed by atoms with Gasteiger partial charge in [-0.25, -0.2) is 9.78 Å². The first-order valence-electron chi connectivity index (χ1n) is 9.89. The average Bonchev–Trinajstić information content (AvgIpc) is 3.15. The molecule has 172 valence electrons. The Balaban J connectivity index is 0.000000451. The van der Waals surface area contributed by atoms with E-state index in [2.05, 4.69) is 57.8 Å². The number of carboxylic acid groups (broad SMARTS) is 1. The van der Waals surface area contributed by atoms with Crippen molar-refractivity contribution in [1.82, 2.24) is 9.55 Å². The van der Waals surface area contributed by atoms with Gasteiger partial charge in [0, 0.05) is 22.3 Å². The zero-order chi connectivity index (χ0) is 23.7. The fraction of sp³-hybridized carbons (Fsp3) is 0.304. The Morgan fingerprint density at radius 3 is 2.44 bits per heavy atom. The summed E-state index contributed by atoms with van der Waals surface area (Å²) in [6, 6.07) is 16.6. The van der Waals surface area contributed by atoms with Crippen LogP contribution in [-0.4, -0.2) is 33.9 Å². The van der Waals surface area contributed by atoms with E-state index in [0.717, 1.165) is 47.3 Å². The van der Waals surface area contributed by atoms with Crippen LogP contribution in [0.3, 0.4) is 0 Å². The van der Waals surface area contributed by atoms with Crippen LogP contribution in [0.15, 0.2) is 59.3 Å². The normalized spacial score (nSPS) is 10.9. The van der Waals surface area contributed by atoms with Crippen molar-refractivity contribution in [3.8, 4) is 17.0 Å². The van der Waals surface area contributed by atoms with Crippen LogP contribution >= 0.6 is 15.9 Å². The Kier molecular flexibility index (Phi) is 9.31. The number of ether oxygens (including phenoxy) is 1. The van der Waals surface area contributed by atoms with Gasteiger partial charge in [-0.2, -0.15) is 13.2 Å². The van der Waals surface area contributed by atoms with Crippen LogP contribution < -0.4 is 4.74 Å². The molecule has 3 rings (SSSR count). The lowest BCUT2D eigenvalue weighted by atomic mass is 10.1. The zero-order valence-electron chi connectivity index (χ0n) is 17.7. The molecule has 9 heteroatoms. The average molecular weight is 513 g/mol. The zero-order valence-corrected chi connectivity index (χ0v) is 19.3. The van der Waals surface area contributed by atoms with Crippen molar-refractivity contribution in [2.45, 2.75) is 38.9 Å². The maximum atomic E-state index is 10.6. The minimum absolute atomic E-state index is 0.900. The second-order valence-electron chi connectivity index (χ2n) is 6.86. The topological polar surface area (TPSA) is 64.4 Å². The number of nitrogens with zero attached hydrogens (tertiary/aromatic N) is 2. The Bertz CT molecular complexity index is 1040. The minimum Gasteiger partial charge on any atom is -0.496 e. The number of benzene rings is 2. The number of aryl methyl sites for hydroxylation is 2.